The molecule has 1 rings (SSSR count). The van der Waals surface area contributed by atoms with Crippen molar-refractivity contribution in [2.75, 3.05) is 6.54 Å². The first-order chi connectivity index (χ1) is 7.61. The highest BCUT2D eigenvalue weighted by Crippen LogP contribution is 2.30. The van der Waals surface area contributed by atoms with E-state index >= 15 is 0 Å². The molecule has 16 heavy (non-hydrogen) atoms. The Labute approximate surface area is 102 Å². The highest BCUT2D eigenvalue weighted by Gasteiger charge is 2.25. The van der Waals surface area contributed by atoms with Gasteiger partial charge in [0.05, 0.1) is 6.10 Å². The van der Waals surface area contributed by atoms with Crippen molar-refractivity contribution in [3.63, 3.8) is 0 Å². The molecule has 0 aliphatic rings. The fourth-order valence-electron chi connectivity index (χ4n) is 1.86. The third-order valence-electron chi connectivity index (χ3n) is 3.20. The maximum absolute atomic E-state index is 10.2. The molecule has 0 fully saturated rings. The van der Waals surface area contributed by atoms with E-state index in [2.05, 4.69) is 6.92 Å². The number of halogens is 1. The van der Waals surface area contributed by atoms with E-state index in [9.17, 15) is 5.11 Å². The van der Waals surface area contributed by atoms with Crippen molar-refractivity contribution in [1.29, 1.82) is 0 Å². The van der Waals surface area contributed by atoms with Gasteiger partial charge in [-0.2, -0.15) is 0 Å². The van der Waals surface area contributed by atoms with Crippen LogP contribution < -0.4 is 5.73 Å². The zero-order valence-electron chi connectivity index (χ0n) is 9.86. The lowest BCUT2D eigenvalue weighted by Crippen LogP contribution is -2.31. The van der Waals surface area contributed by atoms with Crippen molar-refractivity contribution in [3.05, 3.63) is 34.9 Å². The molecule has 0 bridgehead atoms. The Balaban J connectivity index is 2.94. The van der Waals surface area contributed by atoms with Crippen LogP contribution in [-0.2, 0) is 0 Å². The molecule has 1 aromatic rings. The fourth-order valence-corrected chi connectivity index (χ4v) is 2.14. The van der Waals surface area contributed by atoms with E-state index in [1.165, 1.54) is 0 Å². The summed E-state index contributed by atoms with van der Waals surface area (Å²) in [6.07, 6.45) is 0.497. The van der Waals surface area contributed by atoms with E-state index in [1.807, 2.05) is 31.2 Å². The van der Waals surface area contributed by atoms with Crippen LogP contribution in [0.2, 0.25) is 5.02 Å². The third-order valence-corrected chi connectivity index (χ3v) is 3.54. The van der Waals surface area contributed by atoms with Crippen LogP contribution in [0.1, 0.15) is 31.7 Å². The predicted molar refractivity (Wildman–Crippen MR) is 68.7 cm³/mol. The summed E-state index contributed by atoms with van der Waals surface area (Å²) < 4.78 is 0. The maximum atomic E-state index is 10.2. The van der Waals surface area contributed by atoms with Gasteiger partial charge in [0.2, 0.25) is 0 Å². The average Bonchev–Trinajstić information content (AvgIpc) is 2.31. The molecule has 0 heterocycles. The monoisotopic (exact) mass is 241 g/mol. The van der Waals surface area contributed by atoms with Gasteiger partial charge in [-0.15, -0.1) is 0 Å². The zero-order chi connectivity index (χ0) is 12.1. The van der Waals surface area contributed by atoms with E-state index in [0.717, 1.165) is 12.0 Å². The van der Waals surface area contributed by atoms with Crippen LogP contribution in [0.15, 0.2) is 24.3 Å². The lowest BCUT2D eigenvalue weighted by molar-refractivity contribution is 0.0886. The topological polar surface area (TPSA) is 46.2 Å². The van der Waals surface area contributed by atoms with Crippen LogP contribution in [0.5, 0.6) is 0 Å². The lowest BCUT2D eigenvalue weighted by atomic mass is 9.85. The first kappa shape index (κ1) is 13.5. The standard InChI is InChI=1S/C13H20ClNO/c1-3-9(2)13(16)11(8-15)10-6-4-5-7-12(10)14/h4-7,9,11,13,16H,3,8,15H2,1-2H3. The number of aliphatic hydroxyl groups excluding tert-OH is 1. The van der Waals surface area contributed by atoms with Gasteiger partial charge in [0.15, 0.2) is 0 Å². The second-order valence-electron chi connectivity index (χ2n) is 4.24. The van der Waals surface area contributed by atoms with Crippen molar-refractivity contribution in [3.8, 4) is 0 Å². The maximum Gasteiger partial charge on any atom is 0.0646 e. The molecule has 0 aliphatic carbocycles. The minimum atomic E-state index is -0.435. The van der Waals surface area contributed by atoms with Gasteiger partial charge in [-0.1, -0.05) is 50.1 Å². The Bertz CT molecular complexity index is 329. The summed E-state index contributed by atoms with van der Waals surface area (Å²) in [4.78, 5) is 0. The van der Waals surface area contributed by atoms with E-state index < -0.39 is 6.10 Å². The van der Waals surface area contributed by atoms with E-state index in [-0.39, 0.29) is 11.8 Å². The molecule has 0 spiro atoms. The van der Waals surface area contributed by atoms with Crippen LogP contribution >= 0.6 is 11.6 Å². The molecule has 0 aliphatic heterocycles. The van der Waals surface area contributed by atoms with Crippen molar-refractivity contribution in [2.24, 2.45) is 11.7 Å². The summed E-state index contributed by atoms with van der Waals surface area (Å²) in [7, 11) is 0. The summed E-state index contributed by atoms with van der Waals surface area (Å²) in [6.45, 7) is 4.51. The van der Waals surface area contributed by atoms with Crippen molar-refractivity contribution >= 4 is 11.6 Å². The summed E-state index contributed by atoms with van der Waals surface area (Å²) in [5, 5.41) is 10.9. The third kappa shape index (κ3) is 2.97. The molecule has 0 aromatic heterocycles. The van der Waals surface area contributed by atoms with Gasteiger partial charge in [-0.25, -0.2) is 0 Å². The van der Waals surface area contributed by atoms with Gasteiger partial charge < -0.3 is 10.8 Å². The molecule has 90 valence electrons. The number of aliphatic hydroxyl groups is 1. The van der Waals surface area contributed by atoms with Gasteiger partial charge in [0.1, 0.15) is 0 Å². The molecular weight excluding hydrogens is 222 g/mol. The number of benzene rings is 1. The molecule has 0 radical (unpaired) electrons. The largest absolute Gasteiger partial charge is 0.392 e. The van der Waals surface area contributed by atoms with Gasteiger partial charge in [0.25, 0.3) is 0 Å². The second kappa shape index (κ2) is 6.24. The van der Waals surface area contributed by atoms with Crippen molar-refractivity contribution in [2.45, 2.75) is 32.3 Å². The highest BCUT2D eigenvalue weighted by atomic mass is 35.5. The van der Waals surface area contributed by atoms with Crippen molar-refractivity contribution < 1.29 is 5.11 Å². The SMILES string of the molecule is CCC(C)C(O)C(CN)c1ccccc1Cl. The summed E-state index contributed by atoms with van der Waals surface area (Å²) in [5.74, 6) is 0.147. The number of hydrogen-bond acceptors (Lipinski definition) is 2. The normalized spacial score (nSPS) is 16.8. The van der Waals surface area contributed by atoms with Crippen LogP contribution in [0.25, 0.3) is 0 Å². The molecule has 1 aromatic carbocycles. The molecule has 0 amide bonds. The van der Waals surface area contributed by atoms with E-state index in [1.54, 1.807) is 0 Å². The predicted octanol–water partition coefficient (Wildman–Crippen LogP) is 2.79. The molecule has 0 saturated heterocycles. The van der Waals surface area contributed by atoms with Crippen LogP contribution in [0.4, 0.5) is 0 Å². The van der Waals surface area contributed by atoms with Gasteiger partial charge in [0, 0.05) is 17.5 Å². The fraction of sp³-hybridized carbons (Fsp3) is 0.538. The van der Waals surface area contributed by atoms with E-state index in [4.69, 9.17) is 17.3 Å². The van der Waals surface area contributed by atoms with Crippen LogP contribution in [-0.4, -0.2) is 17.8 Å². The Hall–Kier alpha value is -0.570. The Morgan fingerprint density at radius 1 is 1.38 bits per heavy atom. The van der Waals surface area contributed by atoms with Crippen molar-refractivity contribution in [1.82, 2.24) is 0 Å². The Kier molecular flexibility index (Phi) is 5.26. The van der Waals surface area contributed by atoms with Crippen LogP contribution in [0, 0.1) is 5.92 Å². The van der Waals surface area contributed by atoms with Gasteiger partial charge >= 0.3 is 0 Å². The summed E-state index contributed by atoms with van der Waals surface area (Å²) in [6, 6.07) is 7.58. The molecule has 0 saturated carbocycles. The zero-order valence-corrected chi connectivity index (χ0v) is 10.6. The molecule has 3 atom stereocenters. The Morgan fingerprint density at radius 3 is 2.50 bits per heavy atom. The summed E-state index contributed by atoms with van der Waals surface area (Å²) >= 11 is 6.12. The molecule has 2 nitrogen and oxygen atoms in total. The average molecular weight is 242 g/mol. The molecule has 3 unspecified atom stereocenters. The molecule has 3 N–H and O–H groups in total. The molecular formula is C13H20ClNO. The van der Waals surface area contributed by atoms with Gasteiger partial charge in [-0.05, 0) is 17.5 Å². The quantitative estimate of drug-likeness (QED) is 0.833. The smallest absolute Gasteiger partial charge is 0.0646 e. The first-order valence-electron chi connectivity index (χ1n) is 5.74. The van der Waals surface area contributed by atoms with Crippen LogP contribution in [0.3, 0.4) is 0 Å². The second-order valence-corrected chi connectivity index (χ2v) is 4.65. The first-order valence-corrected chi connectivity index (χ1v) is 6.12. The minimum absolute atomic E-state index is 0.0800. The minimum Gasteiger partial charge on any atom is -0.392 e. The summed E-state index contributed by atoms with van der Waals surface area (Å²) in [5.41, 5.74) is 6.69. The Morgan fingerprint density at radius 2 is 2.00 bits per heavy atom. The van der Waals surface area contributed by atoms with E-state index in [0.29, 0.717) is 11.6 Å². The highest BCUT2D eigenvalue weighted by molar-refractivity contribution is 6.31. The lowest BCUT2D eigenvalue weighted by Gasteiger charge is -2.27. The molecule has 3 heteroatoms. The number of hydrogen-bond donors (Lipinski definition) is 2. The number of rotatable bonds is 5. The van der Waals surface area contributed by atoms with Gasteiger partial charge in [-0.3, -0.25) is 0 Å². The number of nitrogens with two attached hydrogens (primary N) is 1.